The van der Waals surface area contributed by atoms with Crippen LogP contribution in [0.1, 0.15) is 26.4 Å². The van der Waals surface area contributed by atoms with E-state index in [9.17, 15) is 9.59 Å². The topological polar surface area (TPSA) is 120 Å². The highest BCUT2D eigenvalue weighted by Crippen LogP contribution is 2.33. The summed E-state index contributed by atoms with van der Waals surface area (Å²) in [5.41, 5.74) is 7.50. The minimum absolute atomic E-state index is 0.0107. The first kappa shape index (κ1) is 17.2. The molecule has 0 atom stereocenters. The largest absolute Gasteiger partial charge is 0.493 e. The van der Waals surface area contributed by atoms with Gasteiger partial charge in [-0.3, -0.25) is 4.79 Å². The molecule has 2 aromatic carbocycles. The molecule has 3 N–H and O–H groups in total. The van der Waals surface area contributed by atoms with Gasteiger partial charge in [-0.05, 0) is 37.3 Å². The number of benzene rings is 2. The quantitative estimate of drug-likeness (QED) is 0.536. The van der Waals surface area contributed by atoms with Crippen LogP contribution in [0.25, 0.3) is 11.3 Å². The second-order valence-corrected chi connectivity index (χ2v) is 5.51. The number of nitrogens with two attached hydrogens (primary N) is 1. The van der Waals surface area contributed by atoms with E-state index in [0.717, 1.165) is 5.56 Å². The average Bonchev–Trinajstić information content (AvgIpc) is 3.12. The number of ether oxygens (including phenoxy) is 2. The highest BCUT2D eigenvalue weighted by atomic mass is 16.6. The summed E-state index contributed by atoms with van der Waals surface area (Å²) in [6.07, 6.45) is 0. The van der Waals surface area contributed by atoms with Crippen molar-refractivity contribution >= 4 is 11.9 Å². The maximum atomic E-state index is 12.3. The zero-order chi connectivity index (χ0) is 18.7. The van der Waals surface area contributed by atoms with Crippen molar-refractivity contribution in [1.29, 1.82) is 0 Å². The van der Waals surface area contributed by atoms with Gasteiger partial charge in [0.05, 0.1) is 12.7 Å². The van der Waals surface area contributed by atoms with E-state index in [2.05, 4.69) is 15.4 Å². The van der Waals surface area contributed by atoms with Crippen LogP contribution in [-0.4, -0.2) is 34.4 Å². The molecular weight excluding hydrogens is 336 g/mol. The average molecular weight is 352 g/mol. The molecule has 0 aliphatic heterocycles. The third kappa shape index (κ3) is 3.39. The van der Waals surface area contributed by atoms with Crippen LogP contribution < -0.4 is 15.2 Å². The van der Waals surface area contributed by atoms with Gasteiger partial charge in [0.25, 0.3) is 5.91 Å². The number of aromatic amines is 1. The number of H-pyrrole nitrogens is 1. The lowest BCUT2D eigenvalue weighted by Gasteiger charge is -2.11. The van der Waals surface area contributed by atoms with Crippen LogP contribution in [0.15, 0.2) is 42.5 Å². The molecule has 0 aliphatic rings. The number of rotatable bonds is 5. The molecule has 0 saturated heterocycles. The summed E-state index contributed by atoms with van der Waals surface area (Å²) >= 11 is 0. The summed E-state index contributed by atoms with van der Waals surface area (Å²) in [5, 5.41) is 10.0. The van der Waals surface area contributed by atoms with Gasteiger partial charge in [-0.2, -0.15) is 15.4 Å². The molecule has 8 nitrogen and oxygen atoms in total. The fourth-order valence-corrected chi connectivity index (χ4v) is 2.43. The standard InChI is InChI=1S/C18H16N4O4/c1-10-4-3-5-12(8-10)18(24)26-13-7-6-11(9-14(13)25-2)15-16(17(19)23)21-22-20-15/h3-9H,1-2H3,(H2,19,23)(H,20,21,22). The molecular formula is C18H16N4O4. The number of nitrogens with one attached hydrogen (secondary N) is 1. The van der Waals surface area contributed by atoms with E-state index < -0.39 is 11.9 Å². The molecule has 8 heteroatoms. The molecule has 132 valence electrons. The van der Waals surface area contributed by atoms with E-state index in [1.165, 1.54) is 7.11 Å². The van der Waals surface area contributed by atoms with Crippen LogP contribution in [0.5, 0.6) is 11.5 Å². The van der Waals surface area contributed by atoms with Gasteiger partial charge < -0.3 is 15.2 Å². The van der Waals surface area contributed by atoms with Gasteiger partial charge in [0.2, 0.25) is 0 Å². The summed E-state index contributed by atoms with van der Waals surface area (Å²) < 4.78 is 10.7. The molecule has 0 bridgehead atoms. The van der Waals surface area contributed by atoms with Crippen molar-refractivity contribution < 1.29 is 19.1 Å². The minimum atomic E-state index is -0.706. The van der Waals surface area contributed by atoms with E-state index in [-0.39, 0.29) is 17.1 Å². The van der Waals surface area contributed by atoms with Crippen molar-refractivity contribution in [3.8, 4) is 22.8 Å². The van der Waals surface area contributed by atoms with Crippen molar-refractivity contribution in [3.63, 3.8) is 0 Å². The van der Waals surface area contributed by atoms with Crippen molar-refractivity contribution in [3.05, 3.63) is 59.3 Å². The number of primary amides is 1. The molecule has 0 saturated carbocycles. The van der Waals surface area contributed by atoms with E-state index >= 15 is 0 Å². The van der Waals surface area contributed by atoms with Gasteiger partial charge in [0.1, 0.15) is 5.69 Å². The van der Waals surface area contributed by atoms with Crippen molar-refractivity contribution in [2.45, 2.75) is 6.92 Å². The maximum Gasteiger partial charge on any atom is 0.343 e. The Labute approximate surface area is 148 Å². The molecule has 1 heterocycles. The van der Waals surface area contributed by atoms with Crippen molar-refractivity contribution in [2.75, 3.05) is 7.11 Å². The Kier molecular flexibility index (Phi) is 4.66. The smallest absolute Gasteiger partial charge is 0.343 e. The predicted molar refractivity (Wildman–Crippen MR) is 93.0 cm³/mol. The number of hydrogen-bond donors (Lipinski definition) is 2. The van der Waals surface area contributed by atoms with Crippen LogP contribution in [0.3, 0.4) is 0 Å². The molecule has 3 rings (SSSR count). The number of carbonyl (C=O) groups excluding carboxylic acids is 2. The highest BCUT2D eigenvalue weighted by Gasteiger charge is 2.18. The van der Waals surface area contributed by atoms with Crippen LogP contribution in [0.2, 0.25) is 0 Å². The molecule has 26 heavy (non-hydrogen) atoms. The van der Waals surface area contributed by atoms with E-state index in [1.54, 1.807) is 36.4 Å². The molecule has 0 aliphatic carbocycles. The number of amides is 1. The number of esters is 1. The lowest BCUT2D eigenvalue weighted by molar-refractivity contribution is 0.0729. The second kappa shape index (κ2) is 7.06. The van der Waals surface area contributed by atoms with Gasteiger partial charge in [0.15, 0.2) is 17.2 Å². The number of carbonyl (C=O) groups is 2. The first-order valence-corrected chi connectivity index (χ1v) is 7.67. The lowest BCUT2D eigenvalue weighted by Crippen LogP contribution is -2.13. The first-order chi connectivity index (χ1) is 12.5. The number of nitrogens with zero attached hydrogens (tertiary/aromatic N) is 2. The first-order valence-electron chi connectivity index (χ1n) is 7.67. The molecule has 1 amide bonds. The molecule has 1 aromatic heterocycles. The zero-order valence-corrected chi connectivity index (χ0v) is 14.1. The summed E-state index contributed by atoms with van der Waals surface area (Å²) in [6, 6.07) is 11.8. The summed E-state index contributed by atoms with van der Waals surface area (Å²) in [5.74, 6) is -0.657. The van der Waals surface area contributed by atoms with E-state index in [0.29, 0.717) is 16.9 Å². The number of methoxy groups -OCH3 is 1. The Morgan fingerprint density at radius 3 is 2.58 bits per heavy atom. The van der Waals surface area contributed by atoms with Crippen LogP contribution >= 0.6 is 0 Å². The Hall–Kier alpha value is -3.68. The maximum absolute atomic E-state index is 12.3. The Balaban J connectivity index is 1.91. The van der Waals surface area contributed by atoms with Gasteiger partial charge in [-0.15, -0.1) is 0 Å². The Morgan fingerprint density at radius 1 is 1.08 bits per heavy atom. The highest BCUT2D eigenvalue weighted by molar-refractivity contribution is 5.97. The Morgan fingerprint density at radius 2 is 1.88 bits per heavy atom. The molecule has 0 radical (unpaired) electrons. The molecule has 0 spiro atoms. The Bertz CT molecular complexity index is 981. The SMILES string of the molecule is COc1cc(-c2n[nH]nc2C(N)=O)ccc1OC(=O)c1cccc(C)c1. The number of aryl methyl sites for hydroxylation is 1. The van der Waals surface area contributed by atoms with E-state index in [1.807, 2.05) is 13.0 Å². The second-order valence-electron chi connectivity index (χ2n) is 5.51. The third-order valence-electron chi connectivity index (χ3n) is 3.67. The number of aromatic nitrogens is 3. The van der Waals surface area contributed by atoms with Gasteiger partial charge >= 0.3 is 5.97 Å². The van der Waals surface area contributed by atoms with Crippen LogP contribution in [0.4, 0.5) is 0 Å². The van der Waals surface area contributed by atoms with Gasteiger partial charge in [0, 0.05) is 5.56 Å². The van der Waals surface area contributed by atoms with Crippen molar-refractivity contribution in [1.82, 2.24) is 15.4 Å². The molecule has 0 unspecified atom stereocenters. The number of hydrogen-bond acceptors (Lipinski definition) is 6. The third-order valence-corrected chi connectivity index (χ3v) is 3.67. The fraction of sp³-hybridized carbons (Fsp3) is 0.111. The minimum Gasteiger partial charge on any atom is -0.493 e. The predicted octanol–water partition coefficient (Wildman–Crippen LogP) is 2.11. The molecule has 3 aromatic rings. The zero-order valence-electron chi connectivity index (χ0n) is 14.1. The summed E-state index contributed by atoms with van der Waals surface area (Å²) in [4.78, 5) is 23.7. The van der Waals surface area contributed by atoms with E-state index in [4.69, 9.17) is 15.2 Å². The normalized spacial score (nSPS) is 10.4. The monoisotopic (exact) mass is 352 g/mol. The van der Waals surface area contributed by atoms with Crippen LogP contribution in [0, 0.1) is 6.92 Å². The van der Waals surface area contributed by atoms with Gasteiger partial charge in [-0.25, -0.2) is 4.79 Å². The van der Waals surface area contributed by atoms with Gasteiger partial charge in [-0.1, -0.05) is 17.7 Å². The fourth-order valence-electron chi connectivity index (χ4n) is 2.43. The lowest BCUT2D eigenvalue weighted by atomic mass is 10.1. The summed E-state index contributed by atoms with van der Waals surface area (Å²) in [6.45, 7) is 1.89. The molecule has 0 fully saturated rings. The van der Waals surface area contributed by atoms with Crippen LogP contribution in [-0.2, 0) is 0 Å². The van der Waals surface area contributed by atoms with Crippen molar-refractivity contribution in [2.24, 2.45) is 5.73 Å². The summed E-state index contributed by atoms with van der Waals surface area (Å²) in [7, 11) is 1.45.